The van der Waals surface area contributed by atoms with Gasteiger partial charge in [-0.1, -0.05) is 30.3 Å². The number of hydrogen-bond donors (Lipinski definition) is 0. The fraction of sp³-hybridized carbons (Fsp3) is 0.333. The Balaban J connectivity index is 1.62. The number of fused-ring (bicyclic) bond motifs is 1. The van der Waals surface area contributed by atoms with E-state index >= 15 is 0 Å². The van der Waals surface area contributed by atoms with Crippen molar-refractivity contribution in [2.75, 3.05) is 6.54 Å². The molecule has 0 saturated carbocycles. The summed E-state index contributed by atoms with van der Waals surface area (Å²) < 4.78 is 8.54. The fourth-order valence-electron chi connectivity index (χ4n) is 2.41. The quantitative estimate of drug-likeness (QED) is 0.733. The van der Waals surface area contributed by atoms with E-state index in [0.717, 1.165) is 21.6 Å². The summed E-state index contributed by atoms with van der Waals surface area (Å²) in [6.07, 6.45) is -0.277. The molecule has 1 amide bonds. The first kappa shape index (κ1) is 14.4. The topological polar surface area (TPSA) is 47.4 Å². The lowest BCUT2D eigenvalue weighted by Gasteiger charge is -2.27. The predicted molar refractivity (Wildman–Crippen MR) is 86.7 cm³/mol. The highest BCUT2D eigenvalue weighted by molar-refractivity contribution is 14.1. The van der Waals surface area contributed by atoms with Crippen molar-refractivity contribution >= 4 is 28.7 Å². The lowest BCUT2D eigenvalue weighted by molar-refractivity contribution is 0.0860. The van der Waals surface area contributed by atoms with Gasteiger partial charge in [-0.2, -0.15) is 0 Å². The van der Waals surface area contributed by atoms with Crippen molar-refractivity contribution in [3.63, 3.8) is 0 Å². The molecule has 1 aliphatic heterocycles. The molecule has 0 aliphatic carbocycles. The number of rotatable bonds is 2. The molecular formula is C15H16IN3O2. The minimum absolute atomic E-state index is 0.277. The number of carbonyl (C=O) groups is 1. The number of imidazole rings is 1. The van der Waals surface area contributed by atoms with Crippen molar-refractivity contribution in [2.45, 2.75) is 26.6 Å². The first-order chi connectivity index (χ1) is 10.1. The zero-order valence-corrected chi connectivity index (χ0v) is 13.9. The van der Waals surface area contributed by atoms with Crippen LogP contribution in [0, 0.1) is 10.6 Å². The normalized spacial score (nSPS) is 13.9. The van der Waals surface area contributed by atoms with E-state index in [-0.39, 0.29) is 6.09 Å². The van der Waals surface area contributed by atoms with Gasteiger partial charge in [-0.25, -0.2) is 9.78 Å². The molecule has 1 aromatic heterocycles. The Labute approximate surface area is 137 Å². The van der Waals surface area contributed by atoms with E-state index in [2.05, 4.69) is 39.1 Å². The highest BCUT2D eigenvalue weighted by Gasteiger charge is 2.25. The predicted octanol–water partition coefficient (Wildman–Crippen LogP) is 2.95. The number of halogens is 1. The standard InChI is InChI=1S/C15H16IN3O2/c1-11-14(16)17-13-9-18(7-8-19(11)13)15(20)21-10-12-5-3-2-4-6-12/h2-6H,7-10H2,1H3. The summed E-state index contributed by atoms with van der Waals surface area (Å²) in [6, 6.07) is 9.71. The van der Waals surface area contributed by atoms with Gasteiger partial charge in [0.25, 0.3) is 0 Å². The van der Waals surface area contributed by atoms with Crippen molar-refractivity contribution in [3.05, 3.63) is 51.1 Å². The van der Waals surface area contributed by atoms with Gasteiger partial charge in [0.2, 0.25) is 0 Å². The number of carbonyl (C=O) groups excluding carboxylic acids is 1. The Bertz CT molecular complexity index is 654. The van der Waals surface area contributed by atoms with Gasteiger partial charge < -0.3 is 9.30 Å². The first-order valence-electron chi connectivity index (χ1n) is 6.82. The summed E-state index contributed by atoms with van der Waals surface area (Å²) in [6.45, 7) is 4.31. The highest BCUT2D eigenvalue weighted by atomic mass is 127. The van der Waals surface area contributed by atoms with E-state index < -0.39 is 0 Å². The average molecular weight is 397 g/mol. The van der Waals surface area contributed by atoms with Gasteiger partial charge in [-0.3, -0.25) is 4.90 Å². The van der Waals surface area contributed by atoms with Gasteiger partial charge in [0.15, 0.2) is 0 Å². The minimum atomic E-state index is -0.277. The van der Waals surface area contributed by atoms with E-state index in [1.54, 1.807) is 4.90 Å². The van der Waals surface area contributed by atoms with Crippen LogP contribution in [0.4, 0.5) is 4.79 Å². The number of amides is 1. The maximum absolute atomic E-state index is 12.1. The zero-order chi connectivity index (χ0) is 14.8. The van der Waals surface area contributed by atoms with E-state index in [9.17, 15) is 4.79 Å². The van der Waals surface area contributed by atoms with Gasteiger partial charge >= 0.3 is 6.09 Å². The summed E-state index contributed by atoms with van der Waals surface area (Å²) in [4.78, 5) is 18.3. The second kappa shape index (κ2) is 6.05. The van der Waals surface area contributed by atoms with Gasteiger partial charge in [-0.15, -0.1) is 0 Å². The second-order valence-electron chi connectivity index (χ2n) is 5.02. The number of nitrogens with zero attached hydrogens (tertiary/aromatic N) is 3. The van der Waals surface area contributed by atoms with Crippen LogP contribution >= 0.6 is 22.6 Å². The molecule has 0 N–H and O–H groups in total. The van der Waals surface area contributed by atoms with Crippen molar-refractivity contribution < 1.29 is 9.53 Å². The van der Waals surface area contributed by atoms with Crippen molar-refractivity contribution in [1.29, 1.82) is 0 Å². The number of hydrogen-bond acceptors (Lipinski definition) is 3. The summed E-state index contributed by atoms with van der Waals surface area (Å²) in [5, 5.41) is 0. The smallest absolute Gasteiger partial charge is 0.410 e. The monoisotopic (exact) mass is 397 g/mol. The van der Waals surface area contributed by atoms with Crippen LogP contribution in [0.5, 0.6) is 0 Å². The van der Waals surface area contributed by atoms with Crippen LogP contribution in [-0.4, -0.2) is 27.1 Å². The van der Waals surface area contributed by atoms with Crippen LogP contribution in [0.1, 0.15) is 17.1 Å². The third-order valence-electron chi connectivity index (χ3n) is 3.63. The summed E-state index contributed by atoms with van der Waals surface area (Å²) in [5.41, 5.74) is 2.16. The molecule has 0 saturated heterocycles. The Kier molecular flexibility index (Phi) is 4.14. The Morgan fingerprint density at radius 2 is 2.10 bits per heavy atom. The number of ether oxygens (including phenoxy) is 1. The van der Waals surface area contributed by atoms with E-state index in [1.807, 2.05) is 30.3 Å². The van der Waals surface area contributed by atoms with Crippen molar-refractivity contribution in [3.8, 4) is 0 Å². The van der Waals surface area contributed by atoms with Gasteiger partial charge in [-0.05, 0) is 35.1 Å². The number of aromatic nitrogens is 2. The minimum Gasteiger partial charge on any atom is -0.445 e. The molecule has 0 unspecified atom stereocenters. The lowest BCUT2D eigenvalue weighted by Crippen LogP contribution is -2.38. The average Bonchev–Trinajstić information content (AvgIpc) is 2.80. The van der Waals surface area contributed by atoms with Crippen LogP contribution in [0.15, 0.2) is 30.3 Å². The number of benzene rings is 1. The van der Waals surface area contributed by atoms with Crippen LogP contribution in [0.3, 0.4) is 0 Å². The molecule has 1 aliphatic rings. The van der Waals surface area contributed by atoms with E-state index in [0.29, 0.717) is 19.7 Å². The van der Waals surface area contributed by atoms with Crippen LogP contribution in [-0.2, 0) is 24.4 Å². The molecule has 0 bridgehead atoms. The van der Waals surface area contributed by atoms with E-state index in [4.69, 9.17) is 4.74 Å². The third kappa shape index (κ3) is 3.04. The molecule has 2 heterocycles. The molecule has 21 heavy (non-hydrogen) atoms. The molecule has 5 nitrogen and oxygen atoms in total. The highest BCUT2D eigenvalue weighted by Crippen LogP contribution is 2.19. The molecule has 3 rings (SSSR count). The molecule has 0 atom stereocenters. The SMILES string of the molecule is Cc1c(I)nc2n1CCN(C(=O)OCc1ccccc1)C2. The molecule has 6 heteroatoms. The second-order valence-corrected chi connectivity index (χ2v) is 6.04. The molecule has 0 radical (unpaired) electrons. The third-order valence-corrected chi connectivity index (χ3v) is 4.65. The Morgan fingerprint density at radius 1 is 1.33 bits per heavy atom. The molecule has 0 fully saturated rings. The van der Waals surface area contributed by atoms with Gasteiger partial charge in [0.05, 0.1) is 6.54 Å². The van der Waals surface area contributed by atoms with Crippen LogP contribution in [0.25, 0.3) is 0 Å². The van der Waals surface area contributed by atoms with Gasteiger partial charge in [0.1, 0.15) is 16.1 Å². The van der Waals surface area contributed by atoms with Crippen LogP contribution < -0.4 is 0 Å². The van der Waals surface area contributed by atoms with E-state index in [1.165, 1.54) is 5.69 Å². The molecular weight excluding hydrogens is 381 g/mol. The van der Waals surface area contributed by atoms with Gasteiger partial charge in [0, 0.05) is 18.8 Å². The lowest BCUT2D eigenvalue weighted by atomic mass is 10.2. The summed E-state index contributed by atoms with van der Waals surface area (Å²) in [5.74, 6) is 0.930. The van der Waals surface area contributed by atoms with Crippen molar-refractivity contribution in [2.24, 2.45) is 0 Å². The van der Waals surface area contributed by atoms with Crippen LogP contribution in [0.2, 0.25) is 0 Å². The maximum atomic E-state index is 12.1. The molecule has 0 spiro atoms. The molecule has 2 aromatic rings. The first-order valence-corrected chi connectivity index (χ1v) is 7.90. The molecule has 110 valence electrons. The Hall–Kier alpha value is -1.57. The van der Waals surface area contributed by atoms with Crippen molar-refractivity contribution in [1.82, 2.24) is 14.5 Å². The molecule has 1 aromatic carbocycles. The Morgan fingerprint density at radius 3 is 2.86 bits per heavy atom. The largest absolute Gasteiger partial charge is 0.445 e. The zero-order valence-electron chi connectivity index (χ0n) is 11.8. The summed E-state index contributed by atoms with van der Waals surface area (Å²) in [7, 11) is 0. The maximum Gasteiger partial charge on any atom is 0.410 e. The summed E-state index contributed by atoms with van der Waals surface area (Å²) >= 11 is 2.23. The fourth-order valence-corrected chi connectivity index (χ4v) is 2.98.